The molecular weight excluding hydrogens is 204 g/mol. The van der Waals surface area contributed by atoms with Gasteiger partial charge in [0.15, 0.2) is 0 Å². The molecular formula is C13H14O3. The highest BCUT2D eigenvalue weighted by Crippen LogP contribution is 2.72. The molecule has 1 aromatic rings. The topological polar surface area (TPSA) is 46.5 Å². The van der Waals surface area contributed by atoms with E-state index < -0.39 is 11.5 Å². The third-order valence-corrected chi connectivity index (χ3v) is 3.81. The van der Waals surface area contributed by atoms with Crippen LogP contribution in [-0.4, -0.2) is 17.7 Å². The average molecular weight is 218 g/mol. The van der Waals surface area contributed by atoms with E-state index in [-0.39, 0.29) is 11.9 Å². The Hall–Kier alpha value is -1.35. The van der Waals surface area contributed by atoms with Crippen LogP contribution in [0.1, 0.15) is 36.5 Å². The van der Waals surface area contributed by atoms with Gasteiger partial charge in [0, 0.05) is 5.92 Å². The van der Waals surface area contributed by atoms with Crippen molar-refractivity contribution >= 4 is 5.97 Å². The third-order valence-electron chi connectivity index (χ3n) is 3.81. The van der Waals surface area contributed by atoms with Crippen LogP contribution in [0.15, 0.2) is 24.3 Å². The summed E-state index contributed by atoms with van der Waals surface area (Å²) < 4.78 is 5.07. The fourth-order valence-electron chi connectivity index (χ4n) is 2.93. The summed E-state index contributed by atoms with van der Waals surface area (Å²) in [5.41, 5.74) is 1.34. The molecule has 0 heterocycles. The number of carbonyl (C=O) groups excluding carboxylic acids is 1. The van der Waals surface area contributed by atoms with Crippen LogP contribution >= 0.6 is 0 Å². The van der Waals surface area contributed by atoms with Gasteiger partial charge in [-0.25, -0.2) is 0 Å². The van der Waals surface area contributed by atoms with Crippen LogP contribution in [0.2, 0.25) is 0 Å². The highest BCUT2D eigenvalue weighted by molar-refractivity contribution is 5.85. The van der Waals surface area contributed by atoms with Crippen molar-refractivity contribution < 1.29 is 14.6 Å². The number of hydrogen-bond donors (Lipinski definition) is 1. The van der Waals surface area contributed by atoms with Crippen molar-refractivity contribution in [2.24, 2.45) is 5.41 Å². The van der Waals surface area contributed by atoms with E-state index in [4.69, 9.17) is 4.74 Å². The minimum atomic E-state index is -0.687. The second-order valence-corrected chi connectivity index (χ2v) is 4.55. The zero-order valence-corrected chi connectivity index (χ0v) is 9.14. The van der Waals surface area contributed by atoms with Crippen LogP contribution in [0.5, 0.6) is 0 Å². The number of aliphatic hydroxyl groups is 1. The van der Waals surface area contributed by atoms with E-state index in [1.165, 1.54) is 0 Å². The van der Waals surface area contributed by atoms with Gasteiger partial charge >= 0.3 is 5.97 Å². The molecule has 0 saturated heterocycles. The fraction of sp³-hybridized carbons (Fsp3) is 0.462. The molecule has 3 unspecified atom stereocenters. The molecule has 3 atom stereocenters. The minimum absolute atomic E-state index is 0.165. The molecule has 0 aliphatic heterocycles. The molecule has 0 radical (unpaired) electrons. The lowest BCUT2D eigenvalue weighted by molar-refractivity contribution is -0.154. The molecule has 1 fully saturated rings. The minimum Gasteiger partial charge on any atom is -0.465 e. The van der Waals surface area contributed by atoms with Gasteiger partial charge < -0.3 is 9.84 Å². The van der Waals surface area contributed by atoms with E-state index in [2.05, 4.69) is 0 Å². The number of ether oxygens (including phenoxy) is 1. The lowest BCUT2D eigenvalue weighted by Crippen LogP contribution is -2.24. The Bertz CT molecular complexity index is 439. The Balaban J connectivity index is 1.99. The smallest absolute Gasteiger partial charge is 0.315 e. The molecule has 0 aromatic heterocycles. The van der Waals surface area contributed by atoms with Crippen molar-refractivity contribution in [3.8, 4) is 0 Å². The maximum Gasteiger partial charge on any atom is 0.315 e. The highest BCUT2D eigenvalue weighted by atomic mass is 16.5. The molecule has 3 heteroatoms. The first-order chi connectivity index (χ1) is 7.71. The van der Waals surface area contributed by atoms with Crippen LogP contribution in [0.25, 0.3) is 0 Å². The lowest BCUT2D eigenvalue weighted by atomic mass is 9.97. The molecule has 1 saturated carbocycles. The molecule has 0 amide bonds. The Kier molecular flexibility index (Phi) is 1.89. The van der Waals surface area contributed by atoms with Crippen molar-refractivity contribution in [2.75, 3.05) is 6.61 Å². The van der Waals surface area contributed by atoms with E-state index in [0.29, 0.717) is 6.61 Å². The van der Waals surface area contributed by atoms with Crippen LogP contribution in [-0.2, 0) is 9.53 Å². The first-order valence-corrected chi connectivity index (χ1v) is 5.66. The number of rotatable bonds is 2. The third kappa shape index (κ3) is 0.990. The van der Waals surface area contributed by atoms with Gasteiger partial charge in [0.25, 0.3) is 0 Å². The van der Waals surface area contributed by atoms with Crippen molar-refractivity contribution in [1.29, 1.82) is 0 Å². The summed E-state index contributed by atoms with van der Waals surface area (Å²) in [5, 5.41) is 10.2. The fourth-order valence-corrected chi connectivity index (χ4v) is 2.93. The molecule has 0 spiro atoms. The summed E-state index contributed by atoms with van der Waals surface area (Å²) >= 11 is 0. The van der Waals surface area contributed by atoms with E-state index in [1.807, 2.05) is 24.3 Å². The maximum absolute atomic E-state index is 11.9. The van der Waals surface area contributed by atoms with E-state index in [9.17, 15) is 9.90 Å². The van der Waals surface area contributed by atoms with E-state index in [1.54, 1.807) is 6.92 Å². The quantitative estimate of drug-likeness (QED) is 0.769. The lowest BCUT2D eigenvalue weighted by Gasteiger charge is -2.17. The second kappa shape index (κ2) is 3.08. The first kappa shape index (κ1) is 9.85. The largest absolute Gasteiger partial charge is 0.465 e. The molecule has 0 bridgehead atoms. The van der Waals surface area contributed by atoms with Crippen LogP contribution < -0.4 is 0 Å². The van der Waals surface area contributed by atoms with Gasteiger partial charge in [0.05, 0.1) is 12.7 Å². The Morgan fingerprint density at radius 2 is 2.19 bits per heavy atom. The zero-order chi connectivity index (χ0) is 11.3. The number of aliphatic hydroxyl groups excluding tert-OH is 1. The summed E-state index contributed by atoms with van der Waals surface area (Å²) in [6, 6.07) is 7.74. The molecule has 2 aliphatic carbocycles. The van der Waals surface area contributed by atoms with Crippen molar-refractivity contribution in [3.63, 3.8) is 0 Å². The monoisotopic (exact) mass is 218 g/mol. The van der Waals surface area contributed by atoms with Gasteiger partial charge in [-0.3, -0.25) is 4.79 Å². The normalized spacial score (nSPS) is 34.1. The predicted molar refractivity (Wildman–Crippen MR) is 57.8 cm³/mol. The summed E-state index contributed by atoms with van der Waals surface area (Å²) in [4.78, 5) is 11.9. The molecule has 1 aromatic carbocycles. The molecule has 1 N–H and O–H groups in total. The SMILES string of the molecule is CCOC(=O)C12CC1c1ccccc1C2O. The van der Waals surface area contributed by atoms with E-state index >= 15 is 0 Å². The summed E-state index contributed by atoms with van der Waals surface area (Å²) in [6.07, 6.45) is 0.0389. The summed E-state index contributed by atoms with van der Waals surface area (Å²) in [5.74, 6) is -0.0820. The van der Waals surface area contributed by atoms with Gasteiger partial charge in [0.2, 0.25) is 0 Å². The van der Waals surface area contributed by atoms with Crippen LogP contribution in [0.3, 0.4) is 0 Å². The van der Waals surface area contributed by atoms with Crippen LogP contribution in [0, 0.1) is 5.41 Å². The number of carbonyl (C=O) groups is 1. The molecule has 16 heavy (non-hydrogen) atoms. The van der Waals surface area contributed by atoms with Gasteiger partial charge in [-0.15, -0.1) is 0 Å². The van der Waals surface area contributed by atoms with Crippen LogP contribution in [0.4, 0.5) is 0 Å². The first-order valence-electron chi connectivity index (χ1n) is 5.66. The van der Waals surface area contributed by atoms with Crippen molar-refractivity contribution in [1.82, 2.24) is 0 Å². The van der Waals surface area contributed by atoms with Gasteiger partial charge in [-0.05, 0) is 24.5 Å². The maximum atomic E-state index is 11.9. The summed E-state index contributed by atoms with van der Waals surface area (Å²) in [6.45, 7) is 2.16. The van der Waals surface area contributed by atoms with Gasteiger partial charge in [0.1, 0.15) is 5.41 Å². The average Bonchev–Trinajstić information content (AvgIpc) is 3.00. The zero-order valence-electron chi connectivity index (χ0n) is 9.14. The van der Waals surface area contributed by atoms with Gasteiger partial charge in [-0.2, -0.15) is 0 Å². The Morgan fingerprint density at radius 1 is 1.50 bits per heavy atom. The molecule has 3 nitrogen and oxygen atoms in total. The Morgan fingerprint density at radius 3 is 2.81 bits per heavy atom. The van der Waals surface area contributed by atoms with E-state index in [0.717, 1.165) is 17.5 Å². The highest BCUT2D eigenvalue weighted by Gasteiger charge is 2.70. The molecule has 84 valence electrons. The standard InChI is InChI=1S/C13H14O3/c1-2-16-12(15)13-7-10(13)8-5-3-4-6-9(8)11(13)14/h3-6,10-11,14H,2,7H2,1H3. The molecule has 2 aliphatic rings. The van der Waals surface area contributed by atoms with Gasteiger partial charge in [-0.1, -0.05) is 24.3 Å². The second-order valence-electron chi connectivity index (χ2n) is 4.55. The number of esters is 1. The molecule has 3 rings (SSSR count). The van der Waals surface area contributed by atoms with Crippen molar-refractivity contribution in [3.05, 3.63) is 35.4 Å². The summed E-state index contributed by atoms with van der Waals surface area (Å²) in [7, 11) is 0. The number of hydrogen-bond acceptors (Lipinski definition) is 3. The van der Waals surface area contributed by atoms with Crippen molar-refractivity contribution in [2.45, 2.75) is 25.4 Å². The number of benzene rings is 1. The Labute approximate surface area is 94.0 Å². The number of fused-ring (bicyclic) bond motifs is 3. The predicted octanol–water partition coefficient (Wildman–Crippen LogP) is 1.77.